The summed E-state index contributed by atoms with van der Waals surface area (Å²) in [7, 11) is 1.49. The number of alkyl halides is 2. The molecule has 0 aliphatic carbocycles. The summed E-state index contributed by atoms with van der Waals surface area (Å²) in [6.45, 7) is 3.47. The van der Waals surface area contributed by atoms with Crippen molar-refractivity contribution in [3.8, 4) is 17.3 Å². The van der Waals surface area contributed by atoms with Crippen molar-refractivity contribution in [3.05, 3.63) is 36.2 Å². The van der Waals surface area contributed by atoms with E-state index in [2.05, 4.69) is 24.6 Å². The van der Waals surface area contributed by atoms with E-state index < -0.39 is 5.92 Å². The zero-order valence-electron chi connectivity index (χ0n) is 18.9. The van der Waals surface area contributed by atoms with Gasteiger partial charge in [0, 0.05) is 69.3 Å². The number of nitrogens with one attached hydrogen (secondary N) is 1. The Morgan fingerprint density at radius 1 is 1.29 bits per heavy atom. The van der Waals surface area contributed by atoms with Gasteiger partial charge in [0.15, 0.2) is 11.6 Å². The van der Waals surface area contributed by atoms with E-state index in [4.69, 9.17) is 9.47 Å². The zero-order chi connectivity index (χ0) is 24.3. The third-order valence-electron chi connectivity index (χ3n) is 5.29. The van der Waals surface area contributed by atoms with Crippen molar-refractivity contribution in [1.82, 2.24) is 19.3 Å². The summed E-state index contributed by atoms with van der Waals surface area (Å²) in [5.74, 6) is -2.17. The van der Waals surface area contributed by atoms with Gasteiger partial charge in [-0.2, -0.15) is 9.36 Å². The lowest BCUT2D eigenvalue weighted by atomic mass is 10.1. The van der Waals surface area contributed by atoms with Gasteiger partial charge < -0.3 is 19.7 Å². The molecule has 0 radical (unpaired) electrons. The van der Waals surface area contributed by atoms with Crippen molar-refractivity contribution >= 4 is 34.1 Å². The van der Waals surface area contributed by atoms with E-state index in [1.807, 2.05) is 0 Å². The van der Waals surface area contributed by atoms with Crippen LogP contribution in [-0.2, 0) is 15.5 Å². The molecule has 1 N–H and O–H groups in total. The Balaban J connectivity index is 1.55. The van der Waals surface area contributed by atoms with Crippen LogP contribution in [0, 0.1) is 0 Å². The molecular formula is C22H24F2N6O3S. The van der Waals surface area contributed by atoms with Gasteiger partial charge in [0.25, 0.3) is 5.92 Å². The third-order valence-corrected chi connectivity index (χ3v) is 5.92. The minimum Gasteiger partial charge on any atom is -0.490 e. The molecule has 3 aromatic rings. The van der Waals surface area contributed by atoms with Crippen LogP contribution >= 0.6 is 11.5 Å². The Morgan fingerprint density at radius 2 is 2.06 bits per heavy atom. The van der Waals surface area contributed by atoms with Crippen molar-refractivity contribution in [2.45, 2.75) is 38.7 Å². The number of aromatic nitrogens is 4. The monoisotopic (exact) mass is 490 g/mol. The molecule has 12 heteroatoms. The van der Waals surface area contributed by atoms with Crippen LogP contribution in [0.2, 0.25) is 0 Å². The topological polar surface area (TPSA) is 102 Å². The Bertz CT molecular complexity index is 1160. The second kappa shape index (κ2) is 9.94. The van der Waals surface area contributed by atoms with Crippen LogP contribution in [0.15, 0.2) is 30.6 Å². The molecule has 1 aliphatic heterocycles. The first kappa shape index (κ1) is 23.9. The minimum atomic E-state index is -3.10. The normalized spacial score (nSPS) is 14.6. The van der Waals surface area contributed by atoms with Gasteiger partial charge in [-0.1, -0.05) is 0 Å². The molecule has 4 rings (SSSR count). The quantitative estimate of drug-likeness (QED) is 0.520. The molecule has 9 nitrogen and oxygen atoms in total. The summed E-state index contributed by atoms with van der Waals surface area (Å²) >= 11 is 1.06. The second-order valence-corrected chi connectivity index (χ2v) is 8.66. The number of halogens is 2. The summed E-state index contributed by atoms with van der Waals surface area (Å²) in [4.78, 5) is 26.0. The van der Waals surface area contributed by atoms with Gasteiger partial charge in [-0.25, -0.2) is 13.8 Å². The summed E-state index contributed by atoms with van der Waals surface area (Å²) in [6.07, 6.45) is 4.44. The van der Waals surface area contributed by atoms with Crippen molar-refractivity contribution < 1.29 is 23.0 Å². The molecule has 1 amide bonds. The van der Waals surface area contributed by atoms with E-state index >= 15 is 0 Å². The molecule has 1 saturated heterocycles. The molecule has 0 spiro atoms. The highest BCUT2D eigenvalue weighted by atomic mass is 32.1. The van der Waals surface area contributed by atoms with Crippen LogP contribution < -0.4 is 15.0 Å². The fourth-order valence-electron chi connectivity index (χ4n) is 3.29. The van der Waals surface area contributed by atoms with Gasteiger partial charge in [0.2, 0.25) is 11.0 Å². The number of amides is 1. The van der Waals surface area contributed by atoms with Crippen LogP contribution in [0.4, 0.5) is 25.4 Å². The van der Waals surface area contributed by atoms with Crippen LogP contribution in [-0.4, -0.2) is 51.6 Å². The molecule has 0 unspecified atom stereocenters. The van der Waals surface area contributed by atoms with Crippen LogP contribution in [0.5, 0.6) is 5.75 Å². The number of hydrogen-bond acceptors (Lipinski definition) is 9. The maximum absolute atomic E-state index is 13.8. The highest BCUT2D eigenvalue weighted by Crippen LogP contribution is 2.34. The molecule has 0 bridgehead atoms. The maximum atomic E-state index is 13.8. The molecule has 3 aromatic heterocycles. The van der Waals surface area contributed by atoms with E-state index in [0.29, 0.717) is 35.6 Å². The van der Waals surface area contributed by atoms with Gasteiger partial charge in [-0.05, 0) is 12.1 Å². The lowest BCUT2D eigenvalue weighted by molar-refractivity contribution is -0.116. The van der Waals surface area contributed by atoms with E-state index in [1.165, 1.54) is 24.9 Å². The first-order chi connectivity index (χ1) is 16.2. The number of nitrogens with zero attached hydrogens (tertiary/aromatic N) is 5. The van der Waals surface area contributed by atoms with Gasteiger partial charge in [-0.3, -0.25) is 9.78 Å². The number of pyridine rings is 2. The summed E-state index contributed by atoms with van der Waals surface area (Å²) in [6, 6.07) is 4.79. The third kappa shape index (κ3) is 5.62. The predicted octanol–water partition coefficient (Wildman–Crippen LogP) is 4.39. The molecular weight excluding hydrogens is 466 g/mol. The first-order valence-corrected chi connectivity index (χ1v) is 11.4. The van der Waals surface area contributed by atoms with E-state index in [0.717, 1.165) is 37.5 Å². The molecule has 34 heavy (non-hydrogen) atoms. The van der Waals surface area contributed by atoms with E-state index in [-0.39, 0.29) is 29.1 Å². The molecule has 180 valence electrons. The lowest BCUT2D eigenvalue weighted by Gasteiger charge is -2.23. The number of rotatable bonds is 7. The summed E-state index contributed by atoms with van der Waals surface area (Å²) in [5, 5.41) is 3.35. The Labute approximate surface area is 199 Å². The summed E-state index contributed by atoms with van der Waals surface area (Å²) < 4.78 is 43.4. The largest absolute Gasteiger partial charge is 0.490 e. The Morgan fingerprint density at radius 3 is 2.76 bits per heavy atom. The van der Waals surface area contributed by atoms with Crippen molar-refractivity contribution in [2.75, 3.05) is 30.5 Å². The van der Waals surface area contributed by atoms with E-state index in [9.17, 15) is 13.6 Å². The molecule has 0 atom stereocenters. The Hall–Kier alpha value is -3.25. The number of anilines is 3. The van der Waals surface area contributed by atoms with Crippen molar-refractivity contribution in [3.63, 3.8) is 0 Å². The van der Waals surface area contributed by atoms with Gasteiger partial charge in [0.1, 0.15) is 17.5 Å². The number of hydrogen-bond donors (Lipinski definition) is 1. The SMILES string of the molecule is CC(=O)N(C)c1cc(C(C)(F)F)cnc1Nc1nc(-c2cc(OC3CCOCC3)ccn2)ns1. The van der Waals surface area contributed by atoms with Crippen LogP contribution in [0.1, 0.15) is 32.3 Å². The first-order valence-electron chi connectivity index (χ1n) is 10.6. The molecule has 4 heterocycles. The maximum Gasteiger partial charge on any atom is 0.272 e. The number of carbonyl (C=O) groups excluding carboxylic acids is 1. The van der Waals surface area contributed by atoms with Crippen LogP contribution in [0.3, 0.4) is 0 Å². The lowest BCUT2D eigenvalue weighted by Crippen LogP contribution is -2.25. The zero-order valence-corrected chi connectivity index (χ0v) is 19.7. The van der Waals surface area contributed by atoms with Gasteiger partial charge >= 0.3 is 0 Å². The molecule has 0 saturated carbocycles. The number of ether oxygens (including phenoxy) is 2. The molecule has 1 aliphatic rings. The number of carbonyl (C=O) groups is 1. The standard InChI is InChI=1S/C22H24F2N6O3S/c1-13(31)30(3)18-10-14(22(2,23)24)12-26-20(18)28-21-27-19(29-34-21)17-11-16(4-7-25-17)33-15-5-8-32-9-6-15/h4,7,10-12,15H,5-6,8-9H2,1-3H3,(H,26,27,28,29). The minimum absolute atomic E-state index is 0.0888. The fraction of sp³-hybridized carbons (Fsp3) is 0.409. The smallest absolute Gasteiger partial charge is 0.272 e. The highest BCUT2D eigenvalue weighted by molar-refractivity contribution is 7.09. The fourth-order valence-corrected chi connectivity index (χ4v) is 3.86. The second-order valence-electron chi connectivity index (χ2n) is 7.91. The van der Waals surface area contributed by atoms with Gasteiger partial charge in [-0.15, -0.1) is 0 Å². The predicted molar refractivity (Wildman–Crippen MR) is 124 cm³/mol. The van der Waals surface area contributed by atoms with Crippen molar-refractivity contribution in [2.24, 2.45) is 0 Å². The molecule has 0 aromatic carbocycles. The van der Waals surface area contributed by atoms with Crippen molar-refractivity contribution in [1.29, 1.82) is 0 Å². The summed E-state index contributed by atoms with van der Waals surface area (Å²) in [5.41, 5.74) is 0.432. The van der Waals surface area contributed by atoms with Crippen LogP contribution in [0.25, 0.3) is 11.5 Å². The average Bonchev–Trinajstić information content (AvgIpc) is 3.27. The highest BCUT2D eigenvalue weighted by Gasteiger charge is 2.27. The molecule has 1 fully saturated rings. The van der Waals surface area contributed by atoms with E-state index in [1.54, 1.807) is 18.3 Å². The Kier molecular flexibility index (Phi) is 6.98. The van der Waals surface area contributed by atoms with Gasteiger partial charge in [0.05, 0.1) is 18.9 Å². The average molecular weight is 491 g/mol.